The summed E-state index contributed by atoms with van der Waals surface area (Å²) in [5.74, 6) is -0.0897. The first-order valence-electron chi connectivity index (χ1n) is 12.0. The molecular weight excluding hydrogens is 454 g/mol. The lowest BCUT2D eigenvalue weighted by molar-refractivity contribution is -0.132. The Labute approximate surface area is 211 Å². The van der Waals surface area contributed by atoms with Crippen molar-refractivity contribution >= 4 is 23.1 Å². The van der Waals surface area contributed by atoms with Crippen LogP contribution in [0.5, 0.6) is 11.5 Å². The molecule has 1 saturated heterocycles. The molecule has 1 amide bonds. The normalized spacial score (nSPS) is 17.1. The van der Waals surface area contributed by atoms with Crippen LogP contribution in [0.15, 0.2) is 72.3 Å². The summed E-state index contributed by atoms with van der Waals surface area (Å²) in [6.45, 7) is 8.45. The van der Waals surface area contributed by atoms with E-state index in [1.54, 1.807) is 43.5 Å². The number of hydrogen-bond donors (Lipinski definition) is 1. The van der Waals surface area contributed by atoms with Crippen molar-refractivity contribution in [1.82, 2.24) is 0 Å². The zero-order valence-electron chi connectivity index (χ0n) is 21.2. The van der Waals surface area contributed by atoms with E-state index in [1.807, 2.05) is 58.0 Å². The third kappa shape index (κ3) is 4.85. The lowest BCUT2D eigenvalue weighted by Crippen LogP contribution is -2.30. The lowest BCUT2D eigenvalue weighted by atomic mass is 9.94. The highest BCUT2D eigenvalue weighted by Gasteiger charge is 2.47. The van der Waals surface area contributed by atoms with Gasteiger partial charge in [-0.15, -0.1) is 0 Å². The van der Waals surface area contributed by atoms with Gasteiger partial charge in [0.25, 0.3) is 11.7 Å². The average molecular weight is 486 g/mol. The van der Waals surface area contributed by atoms with Gasteiger partial charge in [-0.3, -0.25) is 14.5 Å². The first-order valence-corrected chi connectivity index (χ1v) is 12.0. The number of aryl methyl sites for hydroxylation is 2. The molecule has 3 aromatic carbocycles. The van der Waals surface area contributed by atoms with E-state index in [9.17, 15) is 14.7 Å². The van der Waals surface area contributed by atoms with Crippen LogP contribution in [0.25, 0.3) is 5.76 Å². The molecule has 0 bridgehead atoms. The summed E-state index contributed by atoms with van der Waals surface area (Å²) in [6, 6.07) is 19.1. The maximum Gasteiger partial charge on any atom is 0.300 e. The van der Waals surface area contributed by atoms with E-state index in [4.69, 9.17) is 9.47 Å². The van der Waals surface area contributed by atoms with E-state index >= 15 is 0 Å². The van der Waals surface area contributed by atoms with Crippen molar-refractivity contribution in [1.29, 1.82) is 0 Å². The minimum absolute atomic E-state index is 0.0343. The molecule has 0 radical (unpaired) electrons. The van der Waals surface area contributed by atoms with Crippen LogP contribution in [0, 0.1) is 19.8 Å². The minimum Gasteiger partial charge on any atom is -0.507 e. The second kappa shape index (κ2) is 10.3. The molecule has 3 aromatic rings. The molecule has 1 aliphatic heterocycles. The quantitative estimate of drug-likeness (QED) is 0.253. The number of ether oxygens (including phenoxy) is 2. The number of carbonyl (C=O) groups is 2. The third-order valence-corrected chi connectivity index (χ3v) is 6.19. The Morgan fingerprint density at radius 3 is 2.36 bits per heavy atom. The van der Waals surface area contributed by atoms with Crippen LogP contribution >= 0.6 is 0 Å². The molecule has 6 nitrogen and oxygen atoms in total. The molecular formula is C30H31NO5. The number of hydrogen-bond acceptors (Lipinski definition) is 5. The molecule has 1 fully saturated rings. The Morgan fingerprint density at radius 1 is 0.972 bits per heavy atom. The van der Waals surface area contributed by atoms with Gasteiger partial charge in [0.2, 0.25) is 0 Å². The van der Waals surface area contributed by atoms with Gasteiger partial charge in [0.05, 0.1) is 25.3 Å². The number of carbonyl (C=O) groups excluding carboxylic acids is 2. The van der Waals surface area contributed by atoms with Crippen LogP contribution in [0.4, 0.5) is 5.69 Å². The number of benzene rings is 3. The highest BCUT2D eigenvalue weighted by Crippen LogP contribution is 2.43. The molecule has 0 saturated carbocycles. The number of rotatable bonds is 7. The van der Waals surface area contributed by atoms with E-state index < -0.39 is 17.7 Å². The number of anilines is 1. The summed E-state index contributed by atoms with van der Waals surface area (Å²) in [7, 11) is 1.57. The Kier molecular flexibility index (Phi) is 7.15. The van der Waals surface area contributed by atoms with E-state index in [1.165, 1.54) is 4.90 Å². The second-order valence-corrected chi connectivity index (χ2v) is 9.46. The summed E-state index contributed by atoms with van der Waals surface area (Å²) in [4.78, 5) is 28.4. The maximum atomic E-state index is 13.4. The summed E-state index contributed by atoms with van der Waals surface area (Å²) >= 11 is 0. The third-order valence-electron chi connectivity index (χ3n) is 6.19. The van der Waals surface area contributed by atoms with Crippen molar-refractivity contribution < 1.29 is 24.2 Å². The Bertz CT molecular complexity index is 1320. The summed E-state index contributed by atoms with van der Waals surface area (Å²) in [5.41, 5.74) is 3.57. The lowest BCUT2D eigenvalue weighted by Gasteiger charge is -2.27. The average Bonchev–Trinajstić information content (AvgIpc) is 3.14. The van der Waals surface area contributed by atoms with Crippen LogP contribution in [-0.2, 0) is 9.59 Å². The largest absolute Gasteiger partial charge is 0.507 e. The van der Waals surface area contributed by atoms with Gasteiger partial charge in [0.1, 0.15) is 17.3 Å². The van der Waals surface area contributed by atoms with Crippen molar-refractivity contribution in [2.45, 2.75) is 33.7 Å². The van der Waals surface area contributed by atoms with E-state index in [0.29, 0.717) is 40.8 Å². The SMILES string of the molecule is COc1ccc(C2/C(=C(\O)c3cccc(OCC(C)C)c3)C(=O)C(=O)N2c2cc(C)ccc2C)cc1. The fraction of sp³-hybridized carbons (Fsp3) is 0.267. The van der Waals surface area contributed by atoms with Crippen LogP contribution in [-0.4, -0.2) is 30.5 Å². The molecule has 4 rings (SSSR count). The second-order valence-electron chi connectivity index (χ2n) is 9.46. The van der Waals surface area contributed by atoms with Gasteiger partial charge in [-0.1, -0.05) is 50.2 Å². The predicted molar refractivity (Wildman–Crippen MR) is 140 cm³/mol. The molecule has 0 aliphatic carbocycles. The van der Waals surface area contributed by atoms with Crippen molar-refractivity contribution in [3.63, 3.8) is 0 Å². The first kappa shape index (κ1) is 25.0. The van der Waals surface area contributed by atoms with E-state index in [2.05, 4.69) is 0 Å². The number of methoxy groups -OCH3 is 1. The molecule has 1 aliphatic rings. The Balaban J connectivity index is 1.89. The number of ketones is 1. The fourth-order valence-electron chi connectivity index (χ4n) is 4.31. The highest BCUT2D eigenvalue weighted by molar-refractivity contribution is 6.51. The zero-order valence-corrected chi connectivity index (χ0v) is 21.2. The fourth-order valence-corrected chi connectivity index (χ4v) is 4.31. The molecule has 36 heavy (non-hydrogen) atoms. The number of aliphatic hydroxyl groups is 1. The summed E-state index contributed by atoms with van der Waals surface area (Å²) in [6.07, 6.45) is 0. The zero-order chi connectivity index (χ0) is 26.0. The summed E-state index contributed by atoms with van der Waals surface area (Å²) in [5, 5.41) is 11.4. The van der Waals surface area contributed by atoms with Crippen LogP contribution in [0.3, 0.4) is 0 Å². The van der Waals surface area contributed by atoms with E-state index in [-0.39, 0.29) is 11.3 Å². The summed E-state index contributed by atoms with van der Waals surface area (Å²) < 4.78 is 11.1. The van der Waals surface area contributed by atoms with Gasteiger partial charge in [0, 0.05) is 11.3 Å². The first-order chi connectivity index (χ1) is 17.2. The Hall–Kier alpha value is -4.06. The molecule has 1 atom stereocenters. The van der Waals surface area contributed by atoms with Gasteiger partial charge in [-0.05, 0) is 66.8 Å². The monoisotopic (exact) mass is 485 g/mol. The number of aliphatic hydroxyl groups excluding tert-OH is 1. The highest BCUT2D eigenvalue weighted by atomic mass is 16.5. The maximum absolute atomic E-state index is 13.4. The molecule has 1 unspecified atom stereocenters. The molecule has 6 heteroatoms. The molecule has 1 heterocycles. The number of amides is 1. The van der Waals surface area contributed by atoms with Crippen LogP contribution < -0.4 is 14.4 Å². The van der Waals surface area contributed by atoms with Gasteiger partial charge in [0.15, 0.2) is 0 Å². The van der Waals surface area contributed by atoms with E-state index in [0.717, 1.165) is 11.1 Å². The standard InChI is InChI=1S/C30H31NO5/c1-18(2)17-36-24-8-6-7-22(16-24)28(32)26-27(21-11-13-23(35-5)14-12-21)31(30(34)29(26)33)25-15-19(3)9-10-20(25)4/h6-16,18,27,32H,17H2,1-5H3/b28-26+. The van der Waals surface area contributed by atoms with Crippen molar-refractivity contribution in [3.05, 3.63) is 94.6 Å². The molecule has 0 aromatic heterocycles. The number of nitrogens with zero attached hydrogens (tertiary/aromatic N) is 1. The van der Waals surface area contributed by atoms with Crippen LogP contribution in [0.2, 0.25) is 0 Å². The topological polar surface area (TPSA) is 76.1 Å². The smallest absolute Gasteiger partial charge is 0.300 e. The van der Waals surface area contributed by atoms with Gasteiger partial charge >= 0.3 is 0 Å². The Morgan fingerprint density at radius 2 is 1.69 bits per heavy atom. The van der Waals surface area contributed by atoms with Crippen molar-refractivity contribution in [3.8, 4) is 11.5 Å². The predicted octanol–water partition coefficient (Wildman–Crippen LogP) is 5.97. The van der Waals surface area contributed by atoms with Gasteiger partial charge in [-0.2, -0.15) is 0 Å². The number of Topliss-reactive ketones (excluding diaryl/α,β-unsaturated/α-hetero) is 1. The molecule has 0 spiro atoms. The van der Waals surface area contributed by atoms with Gasteiger partial charge in [-0.25, -0.2) is 0 Å². The van der Waals surface area contributed by atoms with Crippen molar-refractivity contribution in [2.75, 3.05) is 18.6 Å². The minimum atomic E-state index is -0.809. The molecule has 1 N–H and O–H groups in total. The van der Waals surface area contributed by atoms with Gasteiger partial charge < -0.3 is 14.6 Å². The van der Waals surface area contributed by atoms with Crippen molar-refractivity contribution in [2.24, 2.45) is 5.92 Å². The molecule has 186 valence electrons. The van der Waals surface area contributed by atoms with Crippen LogP contribution in [0.1, 0.15) is 42.1 Å².